The molecule has 1 nitrogen and oxygen atoms in total. The first-order valence-electron chi connectivity index (χ1n) is 6.59. The molecule has 3 rings (SSSR count). The van der Waals surface area contributed by atoms with E-state index >= 15 is 0 Å². The second-order valence-electron chi connectivity index (χ2n) is 5.19. The van der Waals surface area contributed by atoms with Crippen LogP contribution in [-0.2, 0) is 0 Å². The van der Waals surface area contributed by atoms with Gasteiger partial charge in [0, 0.05) is 15.5 Å². The third kappa shape index (κ3) is 2.99. The predicted molar refractivity (Wildman–Crippen MR) is 84.9 cm³/mol. The largest absolute Gasteiger partial charge is 0.380 e. The molecule has 1 aliphatic carbocycles. The molecule has 0 aromatic heterocycles. The number of halogens is 3. The molecule has 0 spiro atoms. The summed E-state index contributed by atoms with van der Waals surface area (Å²) in [5, 5.41) is 4.04. The Balaban J connectivity index is 1.61. The van der Waals surface area contributed by atoms with Gasteiger partial charge in [-0.25, -0.2) is 4.39 Å². The highest BCUT2D eigenvalue weighted by Gasteiger charge is 2.30. The summed E-state index contributed by atoms with van der Waals surface area (Å²) < 4.78 is 14.5. The van der Waals surface area contributed by atoms with E-state index in [9.17, 15) is 4.39 Å². The van der Waals surface area contributed by atoms with E-state index in [2.05, 4.69) is 27.3 Å². The molecule has 0 radical (unpaired) electrons. The lowest BCUT2D eigenvalue weighted by molar-refractivity contribution is 0.373. The van der Waals surface area contributed by atoms with Gasteiger partial charge in [-0.05, 0) is 54.7 Å². The maximum Gasteiger partial charge on any atom is 0.147 e. The molecule has 1 saturated carbocycles. The zero-order valence-electron chi connectivity index (χ0n) is 10.7. The monoisotopic (exact) mass is 353 g/mol. The topological polar surface area (TPSA) is 12.0 Å². The van der Waals surface area contributed by atoms with Gasteiger partial charge in [0.25, 0.3) is 0 Å². The number of hydrogen-bond acceptors (Lipinski definition) is 1. The minimum atomic E-state index is -0.217. The van der Waals surface area contributed by atoms with E-state index in [0.29, 0.717) is 17.6 Å². The van der Waals surface area contributed by atoms with Crippen molar-refractivity contribution in [3.63, 3.8) is 0 Å². The zero-order chi connectivity index (χ0) is 14.1. The summed E-state index contributed by atoms with van der Waals surface area (Å²) in [7, 11) is 0. The summed E-state index contributed by atoms with van der Waals surface area (Å²) in [6.45, 7) is 0. The first kappa shape index (κ1) is 13.9. The molecule has 0 unspecified atom stereocenters. The molecule has 0 saturated heterocycles. The highest BCUT2D eigenvalue weighted by atomic mass is 79.9. The van der Waals surface area contributed by atoms with Crippen LogP contribution in [0.2, 0.25) is 5.02 Å². The molecule has 2 aromatic rings. The Kier molecular flexibility index (Phi) is 3.99. The molecule has 0 atom stereocenters. The van der Waals surface area contributed by atoms with Gasteiger partial charge in [-0.2, -0.15) is 0 Å². The van der Waals surface area contributed by atoms with Crippen LogP contribution in [0.5, 0.6) is 0 Å². The van der Waals surface area contributed by atoms with Crippen LogP contribution in [0.25, 0.3) is 0 Å². The fourth-order valence-electron chi connectivity index (χ4n) is 2.59. The molecule has 0 amide bonds. The van der Waals surface area contributed by atoms with Gasteiger partial charge < -0.3 is 5.32 Å². The van der Waals surface area contributed by atoms with Crippen molar-refractivity contribution in [1.82, 2.24) is 0 Å². The van der Waals surface area contributed by atoms with Crippen LogP contribution in [0.15, 0.2) is 46.9 Å². The Morgan fingerprint density at radius 1 is 1.15 bits per heavy atom. The average molecular weight is 355 g/mol. The molecule has 1 aliphatic rings. The molecule has 0 bridgehead atoms. The Hall–Kier alpha value is -1.06. The zero-order valence-corrected chi connectivity index (χ0v) is 13.1. The van der Waals surface area contributed by atoms with Gasteiger partial charge in [0.05, 0.1) is 5.69 Å². The predicted octanol–water partition coefficient (Wildman–Crippen LogP) is 5.60. The molecule has 0 aliphatic heterocycles. The van der Waals surface area contributed by atoms with Crippen LogP contribution in [0.3, 0.4) is 0 Å². The molecule has 104 valence electrons. The number of anilines is 1. The van der Waals surface area contributed by atoms with Crippen molar-refractivity contribution in [2.24, 2.45) is 0 Å². The van der Waals surface area contributed by atoms with E-state index < -0.39 is 0 Å². The minimum Gasteiger partial charge on any atom is -0.380 e. The summed E-state index contributed by atoms with van der Waals surface area (Å²) in [5.74, 6) is 0.301. The molecule has 0 heterocycles. The molecule has 1 N–H and O–H groups in total. The first-order chi connectivity index (χ1) is 9.61. The van der Waals surface area contributed by atoms with Gasteiger partial charge in [-0.1, -0.05) is 39.7 Å². The summed E-state index contributed by atoms with van der Waals surface area (Å²) >= 11 is 9.26. The fourth-order valence-corrected chi connectivity index (χ4v) is 3.13. The second kappa shape index (κ2) is 5.74. The second-order valence-corrected chi connectivity index (χ2v) is 6.54. The van der Waals surface area contributed by atoms with E-state index in [0.717, 1.165) is 22.3 Å². The standard InChI is InChI=1S/C16H14BrClFN/c17-12-4-5-16(15(19)9-12)20-14-7-11(8-14)10-2-1-3-13(18)6-10/h1-6,9,11,14,20H,7-8H2. The highest BCUT2D eigenvalue weighted by molar-refractivity contribution is 9.10. The van der Waals surface area contributed by atoms with Crippen LogP contribution < -0.4 is 5.32 Å². The van der Waals surface area contributed by atoms with Gasteiger partial charge in [-0.3, -0.25) is 0 Å². The summed E-state index contributed by atoms with van der Waals surface area (Å²) in [6.07, 6.45) is 2.02. The van der Waals surface area contributed by atoms with Crippen molar-refractivity contribution >= 4 is 33.2 Å². The van der Waals surface area contributed by atoms with E-state index in [1.807, 2.05) is 24.3 Å². The van der Waals surface area contributed by atoms with Gasteiger partial charge in [0.2, 0.25) is 0 Å². The third-order valence-electron chi connectivity index (χ3n) is 3.75. The van der Waals surface area contributed by atoms with E-state index in [-0.39, 0.29) is 5.82 Å². The summed E-state index contributed by atoms with van der Waals surface area (Å²) in [6, 6.07) is 13.4. The SMILES string of the molecule is Fc1cc(Br)ccc1NC1CC(c2cccc(Cl)c2)C1. The molecular weight excluding hydrogens is 341 g/mol. The smallest absolute Gasteiger partial charge is 0.147 e. The Labute approximate surface area is 131 Å². The highest BCUT2D eigenvalue weighted by Crippen LogP contribution is 2.39. The van der Waals surface area contributed by atoms with Crippen LogP contribution in [0.4, 0.5) is 10.1 Å². The normalized spacial score (nSPS) is 21.4. The Morgan fingerprint density at radius 3 is 2.65 bits per heavy atom. The first-order valence-corrected chi connectivity index (χ1v) is 7.76. The van der Waals surface area contributed by atoms with Crippen molar-refractivity contribution in [3.05, 3.63) is 63.3 Å². The molecule has 20 heavy (non-hydrogen) atoms. The minimum absolute atomic E-state index is 0.217. The number of rotatable bonds is 3. The molecule has 1 fully saturated rings. The Morgan fingerprint density at radius 2 is 1.95 bits per heavy atom. The van der Waals surface area contributed by atoms with E-state index in [1.54, 1.807) is 6.07 Å². The van der Waals surface area contributed by atoms with Crippen LogP contribution >= 0.6 is 27.5 Å². The van der Waals surface area contributed by atoms with Crippen molar-refractivity contribution in [2.75, 3.05) is 5.32 Å². The van der Waals surface area contributed by atoms with Crippen molar-refractivity contribution in [2.45, 2.75) is 24.8 Å². The summed E-state index contributed by atoms with van der Waals surface area (Å²) in [4.78, 5) is 0. The maximum absolute atomic E-state index is 13.7. The van der Waals surface area contributed by atoms with Gasteiger partial charge in [0.15, 0.2) is 0 Å². The lowest BCUT2D eigenvalue weighted by atomic mass is 9.76. The lowest BCUT2D eigenvalue weighted by Gasteiger charge is -2.37. The molecule has 4 heteroatoms. The number of benzene rings is 2. The average Bonchev–Trinajstić information content (AvgIpc) is 2.35. The van der Waals surface area contributed by atoms with Crippen molar-refractivity contribution in [1.29, 1.82) is 0 Å². The molecular formula is C16H14BrClFN. The van der Waals surface area contributed by atoms with Crippen LogP contribution in [-0.4, -0.2) is 6.04 Å². The van der Waals surface area contributed by atoms with Gasteiger partial charge >= 0.3 is 0 Å². The van der Waals surface area contributed by atoms with E-state index in [1.165, 1.54) is 11.6 Å². The van der Waals surface area contributed by atoms with Crippen molar-refractivity contribution in [3.8, 4) is 0 Å². The number of hydrogen-bond donors (Lipinski definition) is 1. The third-order valence-corrected chi connectivity index (χ3v) is 4.48. The fraction of sp³-hybridized carbons (Fsp3) is 0.250. The van der Waals surface area contributed by atoms with Gasteiger partial charge in [-0.15, -0.1) is 0 Å². The van der Waals surface area contributed by atoms with Gasteiger partial charge in [0.1, 0.15) is 5.82 Å². The maximum atomic E-state index is 13.7. The lowest BCUT2D eigenvalue weighted by Crippen LogP contribution is -2.34. The van der Waals surface area contributed by atoms with E-state index in [4.69, 9.17) is 11.6 Å². The quantitative estimate of drug-likeness (QED) is 0.756. The van der Waals surface area contributed by atoms with Crippen LogP contribution in [0, 0.1) is 5.82 Å². The van der Waals surface area contributed by atoms with Crippen molar-refractivity contribution < 1.29 is 4.39 Å². The summed E-state index contributed by atoms with van der Waals surface area (Å²) in [5.41, 5.74) is 1.84. The Bertz CT molecular complexity index is 626. The number of nitrogens with one attached hydrogen (secondary N) is 1. The molecule has 2 aromatic carbocycles. The van der Waals surface area contributed by atoms with Crippen LogP contribution in [0.1, 0.15) is 24.3 Å².